The summed E-state index contributed by atoms with van der Waals surface area (Å²) in [6.45, 7) is 9.19. The highest BCUT2D eigenvalue weighted by atomic mass is 14.6. The average Bonchev–Trinajstić information content (AvgIpc) is 2.79. The number of hydrogen-bond donors (Lipinski definition) is 0. The van der Waals surface area contributed by atoms with Crippen LogP contribution in [0.25, 0.3) is 6.08 Å². The molecule has 0 amide bonds. The van der Waals surface area contributed by atoms with Crippen LogP contribution in [0, 0.1) is 24.2 Å². The van der Waals surface area contributed by atoms with Crippen LogP contribution in [-0.4, -0.2) is 0 Å². The molecule has 86 valence electrons. The Bertz CT molecular complexity index is 381. The Kier molecular flexibility index (Phi) is 2.92. The van der Waals surface area contributed by atoms with E-state index in [1.54, 1.807) is 0 Å². The van der Waals surface area contributed by atoms with Gasteiger partial charge in [-0.1, -0.05) is 69.2 Å². The maximum atomic E-state index is 2.40. The molecule has 0 radical (unpaired) electrons. The number of allylic oxidation sites excluding steroid dienone is 1. The highest BCUT2D eigenvalue weighted by Gasteiger charge is 2.54. The van der Waals surface area contributed by atoms with Crippen LogP contribution < -0.4 is 0 Å². The van der Waals surface area contributed by atoms with Crippen molar-refractivity contribution in [3.63, 3.8) is 0 Å². The van der Waals surface area contributed by atoms with Crippen molar-refractivity contribution in [2.45, 2.75) is 34.1 Å². The smallest absolute Gasteiger partial charge is 0.0142 e. The molecule has 0 aliphatic heterocycles. The van der Waals surface area contributed by atoms with Crippen molar-refractivity contribution >= 4 is 6.08 Å². The predicted molar refractivity (Wildman–Crippen MR) is 71.3 cm³/mol. The zero-order valence-electron chi connectivity index (χ0n) is 10.8. The SMILES string of the molecule is CCC1C(C=Cc2ccc(C)cc2)C1(C)C. The molecule has 16 heavy (non-hydrogen) atoms. The van der Waals surface area contributed by atoms with Gasteiger partial charge in [-0.3, -0.25) is 0 Å². The summed E-state index contributed by atoms with van der Waals surface area (Å²) in [6.07, 6.45) is 5.98. The van der Waals surface area contributed by atoms with Gasteiger partial charge in [-0.15, -0.1) is 0 Å². The summed E-state index contributed by atoms with van der Waals surface area (Å²) in [4.78, 5) is 0. The second-order valence-corrected chi connectivity index (χ2v) is 5.63. The van der Waals surface area contributed by atoms with E-state index in [0.717, 1.165) is 11.8 Å². The minimum Gasteiger partial charge on any atom is -0.0800 e. The second kappa shape index (κ2) is 4.08. The van der Waals surface area contributed by atoms with Crippen LogP contribution in [0.3, 0.4) is 0 Å². The molecule has 0 N–H and O–H groups in total. The molecule has 0 spiro atoms. The van der Waals surface area contributed by atoms with Crippen molar-refractivity contribution in [2.75, 3.05) is 0 Å². The van der Waals surface area contributed by atoms with Gasteiger partial charge in [-0.25, -0.2) is 0 Å². The number of benzene rings is 1. The minimum absolute atomic E-state index is 0.524. The van der Waals surface area contributed by atoms with E-state index in [2.05, 4.69) is 64.1 Å². The first-order valence-electron chi connectivity index (χ1n) is 6.30. The van der Waals surface area contributed by atoms with Crippen LogP contribution in [0.5, 0.6) is 0 Å². The minimum atomic E-state index is 0.524. The van der Waals surface area contributed by atoms with E-state index in [0.29, 0.717) is 5.41 Å². The van der Waals surface area contributed by atoms with Crippen molar-refractivity contribution in [3.8, 4) is 0 Å². The van der Waals surface area contributed by atoms with Crippen LogP contribution in [0.15, 0.2) is 30.3 Å². The largest absolute Gasteiger partial charge is 0.0800 e. The molecule has 0 heterocycles. The zero-order valence-corrected chi connectivity index (χ0v) is 10.8. The lowest BCUT2D eigenvalue weighted by atomic mass is 10.1. The van der Waals surface area contributed by atoms with Crippen molar-refractivity contribution in [3.05, 3.63) is 41.5 Å². The van der Waals surface area contributed by atoms with Gasteiger partial charge in [0, 0.05) is 0 Å². The third-order valence-electron chi connectivity index (χ3n) is 4.15. The van der Waals surface area contributed by atoms with E-state index in [4.69, 9.17) is 0 Å². The molecule has 1 aliphatic rings. The lowest BCUT2D eigenvalue weighted by Crippen LogP contribution is -1.88. The van der Waals surface area contributed by atoms with E-state index < -0.39 is 0 Å². The highest BCUT2D eigenvalue weighted by Crippen LogP contribution is 2.60. The van der Waals surface area contributed by atoms with E-state index in [1.165, 1.54) is 17.5 Å². The first-order chi connectivity index (χ1) is 7.55. The summed E-state index contributed by atoms with van der Waals surface area (Å²) in [7, 11) is 0. The first kappa shape index (κ1) is 11.4. The monoisotopic (exact) mass is 214 g/mol. The Balaban J connectivity index is 2.03. The number of aryl methyl sites for hydroxylation is 1. The fraction of sp³-hybridized carbons (Fsp3) is 0.500. The Labute approximate surface area is 99.4 Å². The zero-order chi connectivity index (χ0) is 11.8. The predicted octanol–water partition coefficient (Wildman–Crippen LogP) is 4.69. The Hall–Kier alpha value is -1.04. The van der Waals surface area contributed by atoms with Gasteiger partial charge >= 0.3 is 0 Å². The fourth-order valence-corrected chi connectivity index (χ4v) is 2.84. The molecule has 2 rings (SSSR count). The van der Waals surface area contributed by atoms with Crippen molar-refractivity contribution in [1.82, 2.24) is 0 Å². The fourth-order valence-electron chi connectivity index (χ4n) is 2.84. The highest BCUT2D eigenvalue weighted by molar-refractivity contribution is 5.51. The first-order valence-corrected chi connectivity index (χ1v) is 6.30. The van der Waals surface area contributed by atoms with Crippen LogP contribution in [-0.2, 0) is 0 Å². The lowest BCUT2D eigenvalue weighted by Gasteiger charge is -1.98. The van der Waals surface area contributed by atoms with Gasteiger partial charge in [0.05, 0.1) is 0 Å². The van der Waals surface area contributed by atoms with Gasteiger partial charge in [-0.05, 0) is 29.7 Å². The Morgan fingerprint density at radius 2 is 1.81 bits per heavy atom. The summed E-state index contributed by atoms with van der Waals surface area (Å²) < 4.78 is 0. The van der Waals surface area contributed by atoms with Crippen LogP contribution >= 0.6 is 0 Å². The normalized spacial score (nSPS) is 27.2. The number of hydrogen-bond acceptors (Lipinski definition) is 0. The van der Waals surface area contributed by atoms with Gasteiger partial charge < -0.3 is 0 Å². The average molecular weight is 214 g/mol. The van der Waals surface area contributed by atoms with Gasteiger partial charge in [0.1, 0.15) is 0 Å². The summed E-state index contributed by atoms with van der Waals surface area (Å²) in [5, 5.41) is 0. The molecule has 0 bridgehead atoms. The van der Waals surface area contributed by atoms with Crippen molar-refractivity contribution < 1.29 is 0 Å². The van der Waals surface area contributed by atoms with E-state index in [-0.39, 0.29) is 0 Å². The summed E-state index contributed by atoms with van der Waals surface area (Å²) in [5.74, 6) is 1.66. The summed E-state index contributed by atoms with van der Waals surface area (Å²) in [5.41, 5.74) is 3.18. The maximum absolute atomic E-state index is 2.40. The number of rotatable bonds is 3. The van der Waals surface area contributed by atoms with Gasteiger partial charge in [0.25, 0.3) is 0 Å². The molecular weight excluding hydrogens is 192 g/mol. The molecule has 0 aromatic heterocycles. The molecule has 2 atom stereocenters. The molecule has 1 aromatic carbocycles. The molecule has 0 saturated heterocycles. The Morgan fingerprint density at radius 3 is 2.31 bits per heavy atom. The standard InChI is InChI=1S/C16H22/c1-5-14-15(16(14,3)4)11-10-13-8-6-12(2)7-9-13/h6-11,14-15H,5H2,1-4H3. The third-order valence-corrected chi connectivity index (χ3v) is 4.15. The molecule has 1 saturated carbocycles. The van der Waals surface area contributed by atoms with E-state index >= 15 is 0 Å². The van der Waals surface area contributed by atoms with Gasteiger partial charge in [0.2, 0.25) is 0 Å². The lowest BCUT2D eigenvalue weighted by molar-refractivity contribution is 0.543. The summed E-state index contributed by atoms with van der Waals surface area (Å²) in [6, 6.07) is 8.74. The topological polar surface area (TPSA) is 0 Å². The summed E-state index contributed by atoms with van der Waals surface area (Å²) >= 11 is 0. The quantitative estimate of drug-likeness (QED) is 0.684. The molecule has 1 aromatic rings. The molecular formula is C16H22. The van der Waals surface area contributed by atoms with Gasteiger partial charge in [-0.2, -0.15) is 0 Å². The van der Waals surface area contributed by atoms with Crippen LogP contribution in [0.1, 0.15) is 38.3 Å². The van der Waals surface area contributed by atoms with E-state index in [1.807, 2.05) is 0 Å². The van der Waals surface area contributed by atoms with Crippen LogP contribution in [0.2, 0.25) is 0 Å². The molecule has 1 aliphatic carbocycles. The van der Waals surface area contributed by atoms with Crippen LogP contribution in [0.4, 0.5) is 0 Å². The van der Waals surface area contributed by atoms with Crippen molar-refractivity contribution in [2.24, 2.45) is 17.3 Å². The van der Waals surface area contributed by atoms with Gasteiger partial charge in [0.15, 0.2) is 0 Å². The molecule has 0 nitrogen and oxygen atoms in total. The Morgan fingerprint density at radius 1 is 1.19 bits per heavy atom. The molecule has 0 heteroatoms. The maximum Gasteiger partial charge on any atom is -0.0142 e. The third kappa shape index (κ3) is 2.07. The van der Waals surface area contributed by atoms with Crippen molar-refractivity contribution in [1.29, 1.82) is 0 Å². The second-order valence-electron chi connectivity index (χ2n) is 5.63. The molecule has 1 fully saturated rings. The van der Waals surface area contributed by atoms with E-state index in [9.17, 15) is 0 Å². The molecule has 2 unspecified atom stereocenters.